The highest BCUT2D eigenvalue weighted by Gasteiger charge is 2.30. The molecule has 0 bridgehead atoms. The number of thiazole rings is 1. The van der Waals surface area contributed by atoms with E-state index in [0.29, 0.717) is 4.21 Å². The van der Waals surface area contributed by atoms with Crippen molar-refractivity contribution in [1.29, 1.82) is 0 Å². The summed E-state index contributed by atoms with van der Waals surface area (Å²) in [5.74, 6) is -3.34. The number of nitrogens with zero attached hydrogens (tertiary/aromatic N) is 2. The molecule has 1 aromatic carbocycles. The molecule has 0 unspecified atom stereocenters. The molecule has 1 fully saturated rings. The largest absolute Gasteiger partial charge is 0.494 e. The number of halogens is 2. The van der Waals surface area contributed by atoms with Crippen molar-refractivity contribution >= 4 is 45.9 Å². The Hall–Kier alpha value is -2.40. The van der Waals surface area contributed by atoms with Gasteiger partial charge in [-0.3, -0.25) is 15.0 Å². The molecule has 11 heteroatoms. The molecule has 2 aromatic rings. The van der Waals surface area contributed by atoms with Crippen LogP contribution in [-0.4, -0.2) is 40.5 Å². The summed E-state index contributed by atoms with van der Waals surface area (Å²) in [6.07, 6.45) is 5.36. The molecule has 1 aromatic heterocycles. The van der Waals surface area contributed by atoms with Gasteiger partial charge in [-0.05, 0) is 44.7 Å². The summed E-state index contributed by atoms with van der Waals surface area (Å²) in [5, 5.41) is 12.2. The Bertz CT molecular complexity index is 993. The quantitative estimate of drug-likeness (QED) is 0.472. The Morgan fingerprint density at radius 3 is 2.62 bits per heavy atom. The van der Waals surface area contributed by atoms with Gasteiger partial charge in [0.1, 0.15) is 4.75 Å². The van der Waals surface area contributed by atoms with Gasteiger partial charge in [-0.1, -0.05) is 35.9 Å². The Balaban J connectivity index is 1.82. The lowest BCUT2D eigenvalue weighted by atomic mass is 10.1. The molecule has 1 aliphatic rings. The molecule has 174 valence electrons. The Kier molecular flexibility index (Phi) is 7.60. The zero-order valence-electron chi connectivity index (χ0n) is 18.0. The number of ether oxygens (including phenoxy) is 1. The van der Waals surface area contributed by atoms with Gasteiger partial charge < -0.3 is 9.84 Å². The molecular formula is C21H25F2N3O4S2. The van der Waals surface area contributed by atoms with Gasteiger partial charge >= 0.3 is 12.0 Å². The minimum Gasteiger partial charge on any atom is -0.494 e. The standard InChI is InChI=1S/C21H25F2N3O4S2/c1-21(2,18(27)28)32-15-10-24-19(31-15)25-20(29)26(11-12-6-4-5-7-12)13-8-9-14(30-3)17(23)16(13)22/h8-10,12H,4-7,11H2,1-3H3,(H,27,28)(H,24,25,29). The molecule has 3 rings (SSSR count). The Morgan fingerprint density at radius 2 is 2.00 bits per heavy atom. The highest BCUT2D eigenvalue weighted by Crippen LogP contribution is 2.38. The number of carbonyl (C=O) groups is 2. The van der Waals surface area contributed by atoms with Crippen molar-refractivity contribution in [1.82, 2.24) is 4.98 Å². The van der Waals surface area contributed by atoms with Crippen molar-refractivity contribution in [2.75, 3.05) is 23.9 Å². The number of carbonyl (C=O) groups excluding carboxylic acids is 1. The van der Waals surface area contributed by atoms with Gasteiger partial charge in [0.2, 0.25) is 5.82 Å². The number of rotatable bonds is 8. The highest BCUT2D eigenvalue weighted by atomic mass is 32.2. The van der Waals surface area contributed by atoms with Crippen LogP contribution in [0.2, 0.25) is 0 Å². The first-order chi connectivity index (χ1) is 15.1. The van der Waals surface area contributed by atoms with E-state index in [2.05, 4.69) is 10.3 Å². The fraction of sp³-hybridized carbons (Fsp3) is 0.476. The summed E-state index contributed by atoms with van der Waals surface area (Å²) >= 11 is 2.23. The van der Waals surface area contributed by atoms with Crippen molar-refractivity contribution in [2.24, 2.45) is 5.92 Å². The fourth-order valence-corrected chi connectivity index (χ4v) is 5.71. The lowest BCUT2D eigenvalue weighted by molar-refractivity contribution is -0.138. The summed E-state index contributed by atoms with van der Waals surface area (Å²) in [5.41, 5.74) is -0.175. The number of methoxy groups -OCH3 is 1. The van der Waals surface area contributed by atoms with Crippen LogP contribution in [0.5, 0.6) is 5.75 Å². The van der Waals surface area contributed by atoms with Crippen LogP contribution >= 0.6 is 23.1 Å². The van der Waals surface area contributed by atoms with Crippen LogP contribution in [0.1, 0.15) is 39.5 Å². The number of aliphatic carboxylic acids is 1. The lowest BCUT2D eigenvalue weighted by Gasteiger charge is -2.26. The molecule has 1 saturated carbocycles. The van der Waals surface area contributed by atoms with Crippen molar-refractivity contribution < 1.29 is 28.2 Å². The normalized spacial score (nSPS) is 14.4. The number of anilines is 2. The zero-order valence-corrected chi connectivity index (χ0v) is 19.6. The van der Waals surface area contributed by atoms with Crippen molar-refractivity contribution in [3.8, 4) is 5.75 Å². The molecule has 2 amide bonds. The van der Waals surface area contributed by atoms with Gasteiger partial charge in [0.05, 0.1) is 23.2 Å². The number of nitrogens with one attached hydrogen (secondary N) is 1. The molecule has 0 aliphatic heterocycles. The molecule has 7 nitrogen and oxygen atoms in total. The average Bonchev–Trinajstić information content (AvgIpc) is 3.40. The maximum atomic E-state index is 14.8. The number of aromatic nitrogens is 1. The van der Waals surface area contributed by atoms with Gasteiger partial charge in [-0.15, -0.1) is 0 Å². The third-order valence-electron chi connectivity index (χ3n) is 5.27. The molecular weight excluding hydrogens is 460 g/mol. The molecule has 0 radical (unpaired) electrons. The highest BCUT2D eigenvalue weighted by molar-refractivity contribution is 8.03. The van der Waals surface area contributed by atoms with E-state index >= 15 is 0 Å². The third-order valence-corrected chi connectivity index (χ3v) is 7.47. The number of hydrogen-bond donors (Lipinski definition) is 2. The second kappa shape index (κ2) is 10.0. The van der Waals surface area contributed by atoms with Crippen LogP contribution in [0, 0.1) is 17.6 Å². The van der Waals surface area contributed by atoms with Crippen molar-refractivity contribution in [3.63, 3.8) is 0 Å². The average molecular weight is 486 g/mol. The smallest absolute Gasteiger partial charge is 0.328 e. The summed E-state index contributed by atoms with van der Waals surface area (Å²) in [6.45, 7) is 3.39. The predicted molar refractivity (Wildman–Crippen MR) is 121 cm³/mol. The molecule has 1 heterocycles. The molecule has 2 N–H and O–H groups in total. The molecule has 0 saturated heterocycles. The van der Waals surface area contributed by atoms with Gasteiger partial charge in [0.15, 0.2) is 16.7 Å². The Labute approximate surface area is 193 Å². The topological polar surface area (TPSA) is 91.8 Å². The van der Waals surface area contributed by atoms with E-state index in [9.17, 15) is 23.5 Å². The fourth-order valence-electron chi connectivity index (χ4n) is 3.45. The summed E-state index contributed by atoms with van der Waals surface area (Å²) in [6, 6.07) is 1.97. The van der Waals surface area contributed by atoms with Crippen LogP contribution in [0.3, 0.4) is 0 Å². The van der Waals surface area contributed by atoms with E-state index in [-0.39, 0.29) is 29.0 Å². The molecule has 1 aliphatic carbocycles. The van der Waals surface area contributed by atoms with Crippen LogP contribution in [0.4, 0.5) is 24.4 Å². The maximum Gasteiger partial charge on any atom is 0.328 e. The van der Waals surface area contributed by atoms with E-state index in [1.54, 1.807) is 13.8 Å². The number of amides is 2. The number of benzene rings is 1. The maximum absolute atomic E-state index is 14.8. The molecule has 0 atom stereocenters. The van der Waals surface area contributed by atoms with Gasteiger partial charge in [-0.2, -0.15) is 4.39 Å². The first-order valence-corrected chi connectivity index (χ1v) is 11.7. The second-order valence-corrected chi connectivity index (χ2v) is 11.0. The van der Waals surface area contributed by atoms with E-state index in [4.69, 9.17) is 4.74 Å². The summed E-state index contributed by atoms with van der Waals surface area (Å²) < 4.78 is 33.5. The van der Waals surface area contributed by atoms with Gasteiger partial charge in [-0.25, -0.2) is 14.2 Å². The number of carboxylic acid groups (broad SMARTS) is 1. The first-order valence-electron chi connectivity index (χ1n) is 10.1. The minimum atomic E-state index is -1.16. The molecule has 0 spiro atoms. The van der Waals surface area contributed by atoms with Gasteiger partial charge in [0, 0.05) is 6.54 Å². The number of thioether (sulfide) groups is 1. The van der Waals surface area contributed by atoms with E-state index in [1.165, 1.54) is 30.3 Å². The van der Waals surface area contributed by atoms with Crippen molar-refractivity contribution in [3.05, 3.63) is 30.0 Å². The zero-order chi connectivity index (χ0) is 23.5. The van der Waals surface area contributed by atoms with E-state index in [1.807, 2.05) is 0 Å². The van der Waals surface area contributed by atoms with Gasteiger partial charge in [0.25, 0.3) is 0 Å². The number of hydrogen-bond acceptors (Lipinski definition) is 6. The van der Waals surface area contributed by atoms with E-state index < -0.39 is 28.4 Å². The summed E-state index contributed by atoms with van der Waals surface area (Å²) in [7, 11) is 1.24. The number of carboxylic acids is 1. The first kappa shape index (κ1) is 24.2. The van der Waals surface area contributed by atoms with Crippen molar-refractivity contribution in [2.45, 2.75) is 48.5 Å². The molecule has 32 heavy (non-hydrogen) atoms. The van der Waals surface area contributed by atoms with E-state index in [0.717, 1.165) is 48.8 Å². The van der Waals surface area contributed by atoms with Crippen LogP contribution < -0.4 is 15.0 Å². The predicted octanol–water partition coefficient (Wildman–Crippen LogP) is 5.61. The summed E-state index contributed by atoms with van der Waals surface area (Å²) in [4.78, 5) is 29.8. The third kappa shape index (κ3) is 5.50. The van der Waals surface area contributed by atoms with Crippen LogP contribution in [0.25, 0.3) is 0 Å². The number of urea groups is 1. The Morgan fingerprint density at radius 1 is 1.31 bits per heavy atom. The minimum absolute atomic E-state index is 0.175. The second-order valence-electron chi connectivity index (χ2n) is 8.01. The van der Waals surface area contributed by atoms with Crippen LogP contribution in [0.15, 0.2) is 22.5 Å². The lowest BCUT2D eigenvalue weighted by Crippen LogP contribution is -2.39. The van der Waals surface area contributed by atoms with Crippen LogP contribution in [-0.2, 0) is 4.79 Å². The monoisotopic (exact) mass is 485 g/mol. The SMILES string of the molecule is COc1ccc(N(CC2CCCC2)C(=O)Nc2ncc(SC(C)(C)C(=O)O)s2)c(F)c1F.